The lowest BCUT2D eigenvalue weighted by atomic mass is 10.0. The highest BCUT2D eigenvalue weighted by molar-refractivity contribution is 6.53. The third-order valence-corrected chi connectivity index (χ3v) is 8.71. The molecular formula is C31H22Cl3F6N3O3. The van der Waals surface area contributed by atoms with Crippen LogP contribution in [0.15, 0.2) is 48.5 Å². The number of benzene rings is 3. The van der Waals surface area contributed by atoms with Gasteiger partial charge in [0.1, 0.15) is 27.6 Å². The maximum atomic E-state index is 15.5. The van der Waals surface area contributed by atoms with Gasteiger partial charge in [-0.1, -0.05) is 23.7 Å². The van der Waals surface area contributed by atoms with Gasteiger partial charge in [-0.15, -0.1) is 23.2 Å². The predicted octanol–water partition coefficient (Wildman–Crippen LogP) is 8.24. The van der Waals surface area contributed by atoms with Crippen LogP contribution in [0.25, 0.3) is 0 Å². The number of hydrogen-bond donors (Lipinski definition) is 1. The van der Waals surface area contributed by atoms with E-state index in [1.54, 1.807) is 6.07 Å². The normalized spacial score (nSPS) is 17.5. The van der Waals surface area contributed by atoms with Crippen LogP contribution in [0.5, 0.6) is 0 Å². The van der Waals surface area contributed by atoms with Crippen LogP contribution in [0.4, 0.5) is 37.7 Å². The molecule has 3 aromatic carbocycles. The minimum Gasteiger partial charge on any atom is -0.326 e. The molecule has 3 aromatic rings. The zero-order valence-corrected chi connectivity index (χ0v) is 26.1. The van der Waals surface area contributed by atoms with Gasteiger partial charge in [0.15, 0.2) is 11.6 Å². The number of halogens is 9. The van der Waals surface area contributed by atoms with Crippen molar-refractivity contribution in [3.05, 3.63) is 93.3 Å². The number of anilines is 2. The summed E-state index contributed by atoms with van der Waals surface area (Å²) in [5, 5.41) is 11.5. The summed E-state index contributed by atoms with van der Waals surface area (Å²) in [6, 6.07) is 9.53. The minimum atomic E-state index is -5.00. The summed E-state index contributed by atoms with van der Waals surface area (Å²) in [5.41, 5.74) is -2.82. The number of hydrogen-bond acceptors (Lipinski definition) is 4. The summed E-state index contributed by atoms with van der Waals surface area (Å²) in [7, 11) is 0. The van der Waals surface area contributed by atoms with E-state index in [-0.39, 0.29) is 33.9 Å². The molecule has 242 valence electrons. The van der Waals surface area contributed by atoms with Crippen LogP contribution < -0.4 is 10.2 Å². The van der Waals surface area contributed by atoms with Crippen molar-refractivity contribution in [3.63, 3.8) is 0 Å². The molecule has 1 N–H and O–H groups in total. The van der Waals surface area contributed by atoms with E-state index >= 15 is 4.39 Å². The van der Waals surface area contributed by atoms with Crippen LogP contribution in [0.2, 0.25) is 5.02 Å². The van der Waals surface area contributed by atoms with E-state index in [2.05, 4.69) is 5.32 Å². The van der Waals surface area contributed by atoms with Gasteiger partial charge in [0.25, 0.3) is 0 Å². The van der Waals surface area contributed by atoms with Gasteiger partial charge in [0.05, 0.1) is 22.6 Å². The Labute approximate surface area is 273 Å². The van der Waals surface area contributed by atoms with Gasteiger partial charge in [-0.2, -0.15) is 18.4 Å². The van der Waals surface area contributed by atoms with Crippen molar-refractivity contribution >= 4 is 63.8 Å². The van der Waals surface area contributed by atoms with E-state index in [0.29, 0.717) is 12.1 Å². The first-order valence-electron chi connectivity index (χ1n) is 13.5. The number of alkyl halides is 5. The average molecular weight is 705 g/mol. The number of nitrogens with one attached hydrogen (secondary N) is 1. The summed E-state index contributed by atoms with van der Waals surface area (Å²) in [6.45, 7) is 2.57. The van der Waals surface area contributed by atoms with Crippen LogP contribution in [-0.4, -0.2) is 28.5 Å². The molecule has 1 unspecified atom stereocenters. The maximum Gasteiger partial charge on any atom is 0.419 e. The van der Waals surface area contributed by atoms with Gasteiger partial charge in [-0.25, -0.2) is 13.2 Å². The lowest BCUT2D eigenvalue weighted by molar-refractivity contribution is -0.140. The minimum absolute atomic E-state index is 0.0103. The number of rotatable bonds is 9. The van der Waals surface area contributed by atoms with Gasteiger partial charge in [0, 0.05) is 30.1 Å². The molecule has 0 saturated heterocycles. The maximum absolute atomic E-state index is 15.5. The Balaban J connectivity index is 1.56. The number of nitriles is 1. The van der Waals surface area contributed by atoms with E-state index in [4.69, 9.17) is 40.1 Å². The number of carbonyl (C=O) groups is 3. The molecule has 15 heteroatoms. The molecular weight excluding hydrogens is 683 g/mol. The zero-order valence-electron chi connectivity index (χ0n) is 23.8. The van der Waals surface area contributed by atoms with Crippen LogP contribution in [0.1, 0.15) is 46.8 Å². The molecule has 1 aliphatic carbocycles. The average Bonchev–Trinajstić information content (AvgIpc) is 3.57. The second-order valence-corrected chi connectivity index (χ2v) is 12.3. The first-order chi connectivity index (χ1) is 21.4. The van der Waals surface area contributed by atoms with Crippen molar-refractivity contribution in [3.8, 4) is 6.07 Å². The van der Waals surface area contributed by atoms with E-state index < -0.39 is 81.0 Å². The van der Waals surface area contributed by atoms with Gasteiger partial charge in [0.2, 0.25) is 11.8 Å². The number of carbonyl (C=O) groups excluding carboxylic acids is 3. The second-order valence-electron chi connectivity index (χ2n) is 10.5. The molecule has 0 heterocycles. The molecule has 46 heavy (non-hydrogen) atoms. The predicted molar refractivity (Wildman–Crippen MR) is 159 cm³/mol. The largest absolute Gasteiger partial charge is 0.419 e. The van der Waals surface area contributed by atoms with Crippen molar-refractivity contribution in [1.29, 1.82) is 5.26 Å². The molecule has 0 aliphatic heterocycles. The molecule has 1 saturated carbocycles. The van der Waals surface area contributed by atoms with Crippen LogP contribution in [0, 0.1) is 40.6 Å². The molecule has 4 rings (SSSR count). The summed E-state index contributed by atoms with van der Waals surface area (Å²) in [5.74, 6) is -9.76. The molecule has 3 atom stereocenters. The third kappa shape index (κ3) is 6.82. The number of amides is 2. The Morgan fingerprint density at radius 1 is 1.04 bits per heavy atom. The lowest BCUT2D eigenvalue weighted by Gasteiger charge is -2.24. The summed E-state index contributed by atoms with van der Waals surface area (Å²) in [4.78, 5) is 39.6. The standard InChI is InChI=1S/C31H22Cl3F6N3O3/c1-3-43(29(46)14(2)13-41)27-22(36)9-5-16(26(27)37)11-23(44)18-12-17(6-7-20(18)32)42-28(45)25-24(30(25,33)34)15-4-8-21(35)19(10-15)31(38,39)40/h4-10,12,14,24-25H,3,11H2,1-2H3,(H,42,45)/t14?,24-,25+/m0/s1. The van der Waals surface area contributed by atoms with Crippen LogP contribution in [0.3, 0.4) is 0 Å². The topological polar surface area (TPSA) is 90.3 Å². The molecule has 2 amide bonds. The Bertz CT molecular complexity index is 1780. The van der Waals surface area contributed by atoms with Crippen molar-refractivity contribution < 1.29 is 40.7 Å². The van der Waals surface area contributed by atoms with Gasteiger partial charge < -0.3 is 10.2 Å². The number of Topliss-reactive ketones (excluding diaryl/α,β-unsaturated/α-hetero) is 1. The summed E-state index contributed by atoms with van der Waals surface area (Å²) >= 11 is 18.7. The first kappa shape index (κ1) is 35.1. The fraction of sp³-hybridized carbons (Fsp3) is 0.290. The fourth-order valence-electron chi connectivity index (χ4n) is 5.01. The molecule has 0 radical (unpaired) electrons. The van der Waals surface area contributed by atoms with Gasteiger partial charge >= 0.3 is 6.18 Å². The van der Waals surface area contributed by atoms with E-state index in [1.807, 2.05) is 0 Å². The zero-order chi connectivity index (χ0) is 34.3. The molecule has 0 bridgehead atoms. The second kappa shape index (κ2) is 13.1. The van der Waals surface area contributed by atoms with Gasteiger partial charge in [-0.05, 0) is 61.4 Å². The number of nitrogens with zero attached hydrogens (tertiary/aromatic N) is 2. The summed E-state index contributed by atoms with van der Waals surface area (Å²) in [6.07, 6.45) is -5.64. The molecule has 1 aliphatic rings. The van der Waals surface area contributed by atoms with Crippen molar-refractivity contribution in [2.45, 2.75) is 36.7 Å². The van der Waals surface area contributed by atoms with Crippen LogP contribution in [-0.2, 0) is 22.2 Å². The molecule has 1 fully saturated rings. The van der Waals surface area contributed by atoms with E-state index in [0.717, 1.165) is 23.1 Å². The Kier molecular flexibility index (Phi) is 10.0. The highest BCUT2D eigenvalue weighted by Gasteiger charge is 2.67. The monoisotopic (exact) mass is 703 g/mol. The number of ketones is 1. The van der Waals surface area contributed by atoms with Crippen molar-refractivity contribution in [1.82, 2.24) is 0 Å². The molecule has 0 spiro atoms. The van der Waals surface area contributed by atoms with Crippen molar-refractivity contribution in [2.24, 2.45) is 11.8 Å². The lowest BCUT2D eigenvalue weighted by Crippen LogP contribution is -2.36. The third-order valence-electron chi connectivity index (χ3n) is 7.44. The quantitative estimate of drug-likeness (QED) is 0.138. The first-order valence-corrected chi connectivity index (χ1v) is 14.6. The molecule has 6 nitrogen and oxygen atoms in total. The molecule has 0 aromatic heterocycles. The van der Waals surface area contributed by atoms with E-state index in [9.17, 15) is 36.3 Å². The highest BCUT2D eigenvalue weighted by atomic mass is 35.5. The SMILES string of the molecule is CCN(C(=O)C(C)C#N)c1c(F)ccc(CC(=O)c2cc(NC(=O)[C@H]3[C@H](c4ccc(F)c(C(F)(F)F)c4)C3(Cl)Cl)ccc2Cl)c1F. The summed E-state index contributed by atoms with van der Waals surface area (Å²) < 4.78 is 81.8. The Morgan fingerprint density at radius 2 is 1.70 bits per heavy atom. The Morgan fingerprint density at radius 3 is 2.30 bits per heavy atom. The van der Waals surface area contributed by atoms with Crippen LogP contribution >= 0.6 is 34.8 Å². The smallest absolute Gasteiger partial charge is 0.326 e. The van der Waals surface area contributed by atoms with Gasteiger partial charge in [-0.3, -0.25) is 14.4 Å². The highest BCUT2D eigenvalue weighted by Crippen LogP contribution is 2.65. The van der Waals surface area contributed by atoms with Crippen molar-refractivity contribution in [2.75, 3.05) is 16.8 Å². The van der Waals surface area contributed by atoms with E-state index in [1.165, 1.54) is 32.0 Å². The Hall–Kier alpha value is -3.79. The fourth-order valence-corrected chi connectivity index (χ4v) is 6.06.